The Labute approximate surface area is 86.3 Å². The van der Waals surface area contributed by atoms with Crippen LogP contribution in [0.15, 0.2) is 6.33 Å². The lowest BCUT2D eigenvalue weighted by Gasteiger charge is -2.05. The molecule has 0 aromatic carbocycles. The van der Waals surface area contributed by atoms with Gasteiger partial charge in [-0.15, -0.1) is 0 Å². The minimum Gasteiger partial charge on any atom is -0.368 e. The Kier molecular flexibility index (Phi) is 1.74. The summed E-state index contributed by atoms with van der Waals surface area (Å²) in [7, 11) is 0. The van der Waals surface area contributed by atoms with E-state index in [1.54, 1.807) is 6.33 Å². The van der Waals surface area contributed by atoms with Gasteiger partial charge in [0, 0.05) is 6.54 Å². The monoisotopic (exact) mass is 204 g/mol. The van der Waals surface area contributed by atoms with Gasteiger partial charge in [-0.3, -0.25) is 0 Å². The Morgan fingerprint density at radius 3 is 3.13 bits per heavy atom. The third kappa shape index (κ3) is 1.58. The van der Waals surface area contributed by atoms with Crippen molar-refractivity contribution in [3.8, 4) is 0 Å². The molecule has 1 aliphatic carbocycles. The van der Waals surface area contributed by atoms with Crippen molar-refractivity contribution in [1.29, 1.82) is 0 Å². The number of H-pyrrole nitrogens is 1. The maximum absolute atomic E-state index is 5.59. The molecule has 0 atom stereocenters. The van der Waals surface area contributed by atoms with Crippen LogP contribution in [-0.2, 0) is 0 Å². The minimum absolute atomic E-state index is 0.257. The van der Waals surface area contributed by atoms with Gasteiger partial charge in [-0.2, -0.15) is 9.97 Å². The van der Waals surface area contributed by atoms with Crippen LogP contribution in [-0.4, -0.2) is 26.5 Å². The van der Waals surface area contributed by atoms with Crippen molar-refractivity contribution in [3.63, 3.8) is 0 Å². The van der Waals surface area contributed by atoms with Crippen LogP contribution in [0.1, 0.15) is 12.8 Å². The highest BCUT2D eigenvalue weighted by molar-refractivity contribution is 5.83. The summed E-state index contributed by atoms with van der Waals surface area (Å²) in [5.74, 6) is 1.80. The van der Waals surface area contributed by atoms with Gasteiger partial charge in [-0.05, 0) is 18.8 Å². The third-order valence-corrected chi connectivity index (χ3v) is 2.56. The molecule has 6 nitrogen and oxygen atoms in total. The Hall–Kier alpha value is -1.85. The van der Waals surface area contributed by atoms with Crippen LogP contribution < -0.4 is 11.1 Å². The topological polar surface area (TPSA) is 92.5 Å². The van der Waals surface area contributed by atoms with E-state index in [9.17, 15) is 0 Å². The molecule has 4 N–H and O–H groups in total. The molecule has 1 fully saturated rings. The molecule has 1 saturated carbocycles. The van der Waals surface area contributed by atoms with Gasteiger partial charge in [-0.1, -0.05) is 0 Å². The molecule has 0 bridgehead atoms. The highest BCUT2D eigenvalue weighted by Crippen LogP contribution is 2.29. The summed E-state index contributed by atoms with van der Waals surface area (Å²) in [6.07, 6.45) is 4.21. The number of imidazole rings is 1. The van der Waals surface area contributed by atoms with E-state index in [1.807, 2.05) is 0 Å². The van der Waals surface area contributed by atoms with Crippen LogP contribution in [0.4, 0.5) is 11.8 Å². The number of nitrogens with one attached hydrogen (secondary N) is 2. The molecule has 78 valence electrons. The van der Waals surface area contributed by atoms with E-state index in [0.29, 0.717) is 5.65 Å². The molecule has 15 heavy (non-hydrogen) atoms. The van der Waals surface area contributed by atoms with Crippen LogP contribution in [0.25, 0.3) is 11.2 Å². The summed E-state index contributed by atoms with van der Waals surface area (Å²) in [5, 5.41) is 3.27. The number of anilines is 2. The molecule has 1 aliphatic rings. The zero-order valence-corrected chi connectivity index (χ0v) is 8.20. The molecule has 0 amide bonds. The smallest absolute Gasteiger partial charge is 0.224 e. The highest BCUT2D eigenvalue weighted by atomic mass is 15.1. The van der Waals surface area contributed by atoms with Crippen LogP contribution >= 0.6 is 0 Å². The first-order valence-electron chi connectivity index (χ1n) is 5.03. The molecule has 6 heteroatoms. The molecular weight excluding hydrogens is 192 g/mol. The van der Waals surface area contributed by atoms with Crippen LogP contribution in [0.3, 0.4) is 0 Å². The number of fused-ring (bicyclic) bond motifs is 1. The van der Waals surface area contributed by atoms with Crippen molar-refractivity contribution in [3.05, 3.63) is 6.33 Å². The fraction of sp³-hybridized carbons (Fsp3) is 0.444. The summed E-state index contributed by atoms with van der Waals surface area (Å²) in [4.78, 5) is 15.2. The van der Waals surface area contributed by atoms with Crippen LogP contribution in [0, 0.1) is 5.92 Å². The quantitative estimate of drug-likeness (QED) is 0.686. The van der Waals surface area contributed by atoms with Gasteiger partial charge in [0.2, 0.25) is 5.95 Å². The van der Waals surface area contributed by atoms with Gasteiger partial charge >= 0.3 is 0 Å². The van der Waals surface area contributed by atoms with Crippen molar-refractivity contribution in [2.45, 2.75) is 12.8 Å². The summed E-state index contributed by atoms with van der Waals surface area (Å²) in [5.41, 5.74) is 7.03. The zero-order valence-electron chi connectivity index (χ0n) is 8.20. The van der Waals surface area contributed by atoms with Gasteiger partial charge in [0.15, 0.2) is 11.5 Å². The number of nitrogens with zero attached hydrogens (tertiary/aromatic N) is 3. The summed E-state index contributed by atoms with van der Waals surface area (Å²) >= 11 is 0. The van der Waals surface area contributed by atoms with E-state index >= 15 is 0 Å². The number of nitrogens with two attached hydrogens (primary N) is 1. The van der Waals surface area contributed by atoms with E-state index in [0.717, 1.165) is 23.8 Å². The van der Waals surface area contributed by atoms with Gasteiger partial charge in [0.05, 0.1) is 6.33 Å². The largest absolute Gasteiger partial charge is 0.368 e. The number of rotatable bonds is 3. The molecule has 3 rings (SSSR count). The van der Waals surface area contributed by atoms with Crippen LogP contribution in [0.2, 0.25) is 0 Å². The van der Waals surface area contributed by atoms with Gasteiger partial charge in [0.25, 0.3) is 0 Å². The normalized spacial score (nSPS) is 15.7. The van der Waals surface area contributed by atoms with E-state index in [4.69, 9.17) is 5.73 Å². The molecule has 0 aliphatic heterocycles. The number of hydrogen-bond acceptors (Lipinski definition) is 5. The number of aromatic nitrogens is 4. The fourth-order valence-corrected chi connectivity index (χ4v) is 1.54. The summed E-state index contributed by atoms with van der Waals surface area (Å²) in [6, 6.07) is 0. The molecule has 0 unspecified atom stereocenters. The van der Waals surface area contributed by atoms with Gasteiger partial charge < -0.3 is 16.0 Å². The highest BCUT2D eigenvalue weighted by Gasteiger charge is 2.21. The Morgan fingerprint density at radius 1 is 1.47 bits per heavy atom. The third-order valence-electron chi connectivity index (χ3n) is 2.56. The standard InChI is InChI=1S/C9H12N6/c10-9-14-7(11-3-5-1-2-5)6-8(15-9)13-4-12-6/h4-5H,1-3H2,(H4,10,11,12,13,14,15). The van der Waals surface area contributed by atoms with Crippen LogP contribution in [0.5, 0.6) is 0 Å². The second kappa shape index (κ2) is 3.08. The van der Waals surface area contributed by atoms with E-state index in [1.165, 1.54) is 12.8 Å². The number of aromatic amines is 1. The Bertz CT molecular complexity index is 486. The van der Waals surface area contributed by atoms with E-state index in [-0.39, 0.29) is 5.95 Å². The Morgan fingerprint density at radius 2 is 2.33 bits per heavy atom. The Balaban J connectivity index is 1.95. The molecule has 2 aromatic rings. The fourth-order valence-electron chi connectivity index (χ4n) is 1.54. The lowest BCUT2D eigenvalue weighted by molar-refractivity contribution is 0.884. The molecular formula is C9H12N6. The average molecular weight is 204 g/mol. The predicted octanol–water partition coefficient (Wildman–Crippen LogP) is 0.757. The van der Waals surface area contributed by atoms with Crippen molar-refractivity contribution in [2.75, 3.05) is 17.6 Å². The van der Waals surface area contributed by atoms with Crippen molar-refractivity contribution in [1.82, 2.24) is 19.9 Å². The second-order valence-electron chi connectivity index (χ2n) is 3.86. The van der Waals surface area contributed by atoms with Crippen molar-refractivity contribution < 1.29 is 0 Å². The van der Waals surface area contributed by atoms with Crippen molar-refractivity contribution in [2.24, 2.45) is 5.92 Å². The number of hydrogen-bond donors (Lipinski definition) is 3. The summed E-state index contributed by atoms with van der Waals surface area (Å²) in [6.45, 7) is 0.949. The van der Waals surface area contributed by atoms with Gasteiger partial charge in [-0.25, -0.2) is 4.98 Å². The first kappa shape index (κ1) is 8.46. The minimum atomic E-state index is 0.257. The predicted molar refractivity (Wildman–Crippen MR) is 57.3 cm³/mol. The van der Waals surface area contributed by atoms with E-state index < -0.39 is 0 Å². The lowest BCUT2D eigenvalue weighted by atomic mass is 10.4. The molecule has 0 radical (unpaired) electrons. The average Bonchev–Trinajstić information content (AvgIpc) is 2.92. The maximum Gasteiger partial charge on any atom is 0.224 e. The molecule has 2 aromatic heterocycles. The lowest BCUT2D eigenvalue weighted by Crippen LogP contribution is -2.07. The van der Waals surface area contributed by atoms with Gasteiger partial charge in [0.1, 0.15) is 5.52 Å². The first-order chi connectivity index (χ1) is 7.33. The van der Waals surface area contributed by atoms with Crippen molar-refractivity contribution >= 4 is 22.9 Å². The molecule has 2 heterocycles. The SMILES string of the molecule is Nc1nc(NCC2CC2)c2[nH]cnc2n1. The molecule has 0 spiro atoms. The maximum atomic E-state index is 5.59. The summed E-state index contributed by atoms with van der Waals surface area (Å²) < 4.78 is 0. The zero-order chi connectivity index (χ0) is 10.3. The number of nitrogen functional groups attached to an aromatic ring is 1. The first-order valence-corrected chi connectivity index (χ1v) is 5.03. The second-order valence-corrected chi connectivity index (χ2v) is 3.86. The molecule has 0 saturated heterocycles. The van der Waals surface area contributed by atoms with E-state index in [2.05, 4.69) is 25.3 Å².